The van der Waals surface area contributed by atoms with Crippen LogP contribution in [0.15, 0.2) is 211 Å². The van der Waals surface area contributed by atoms with Crippen LogP contribution in [0.25, 0.3) is 32.3 Å². The van der Waals surface area contributed by atoms with Crippen molar-refractivity contribution in [3.05, 3.63) is 223 Å². The molecule has 5 aliphatic rings. The van der Waals surface area contributed by atoms with Crippen LogP contribution in [0.1, 0.15) is 50.3 Å². The molecule has 12 rings (SSSR count). The normalized spacial score (nSPS) is 28.2. The quantitative estimate of drug-likeness (QED) is 0.0689. The van der Waals surface area contributed by atoms with Gasteiger partial charge in [-0.05, 0) is 104 Å². The fourth-order valence-corrected chi connectivity index (χ4v) is 13.7. The summed E-state index contributed by atoms with van der Waals surface area (Å²) in [4.78, 5) is 1.12. The standard InChI is InChI=1S/C69H74O9SSi/c1-69(2,3)80(4,5)78-62-37-36-58-59(77-68(62)79-57-23-7-6-8-24-57)34-35-60-63(74-58)41-64-66(76-60)67(72-44-48-28-31-51-18-11-14-21-54(51)40-48)65-61(75-64)25-15-22-55(73-65)32-33-56(71-43-47-27-30-50-17-10-13-20-53(50)39-47)45-70-42-46-26-29-49-16-9-12-19-52(49)38-46/h6-24,26-40,55-56,58-68H,25,41-45H2,1-5H3/b33-32+/t55-,56+,58-,59+,60-,61+,62+,63+,64-,65+,66-,67-,68-/m1/s1. The van der Waals surface area contributed by atoms with Gasteiger partial charge in [-0.25, -0.2) is 0 Å². The van der Waals surface area contributed by atoms with Crippen LogP contribution in [0.4, 0.5) is 0 Å². The van der Waals surface area contributed by atoms with Gasteiger partial charge in [0.05, 0.1) is 63.1 Å². The van der Waals surface area contributed by atoms with Gasteiger partial charge in [0.25, 0.3) is 0 Å². The van der Waals surface area contributed by atoms with Crippen molar-refractivity contribution in [2.75, 3.05) is 6.61 Å². The minimum atomic E-state index is -2.19. The SMILES string of the molecule is CC(C)(C)[Si](C)(C)O[C@H]1C=C[C@H]2O[C@H]3C[C@H]4O[C@H]5CC=C[C@H](/C=C/[C@@H](COCc6ccc7ccccc7c6)OCc6ccc7ccccc7c6)O[C@@H]5[C@@H](OCc5ccc6ccccc6c5)[C@@H]4O[C@@H]3C=C[C@@H]2O[C@@H]1Sc1ccccc1. The van der Waals surface area contributed by atoms with Gasteiger partial charge in [0, 0.05) is 11.3 Å². The summed E-state index contributed by atoms with van der Waals surface area (Å²) >= 11 is 1.70. The van der Waals surface area contributed by atoms with E-state index in [0.29, 0.717) is 39.3 Å². The Kier molecular flexibility index (Phi) is 16.9. The molecule has 0 bridgehead atoms. The van der Waals surface area contributed by atoms with E-state index in [2.05, 4.69) is 234 Å². The number of fused-ring (bicyclic) bond motifs is 7. The Morgan fingerprint density at radius 3 is 1.80 bits per heavy atom. The molecular formula is C69H74O9SSi. The first-order chi connectivity index (χ1) is 38.9. The van der Waals surface area contributed by atoms with E-state index >= 15 is 0 Å². The first-order valence-corrected chi connectivity index (χ1v) is 32.4. The van der Waals surface area contributed by atoms with Crippen molar-refractivity contribution in [3.8, 4) is 0 Å². The fraction of sp³-hybridized carbons (Fsp3) is 0.362. The number of ether oxygens (including phenoxy) is 8. The molecule has 0 N–H and O–H groups in total. The molecule has 2 fully saturated rings. The first-order valence-electron chi connectivity index (χ1n) is 28.6. The average molecular weight is 1110 g/mol. The summed E-state index contributed by atoms with van der Waals surface area (Å²) in [7, 11) is -2.19. The Balaban J connectivity index is 0.790. The molecule has 0 aliphatic carbocycles. The van der Waals surface area contributed by atoms with E-state index in [1.165, 1.54) is 32.3 Å². The molecule has 0 amide bonds. The van der Waals surface area contributed by atoms with Gasteiger partial charge in [-0.15, -0.1) is 0 Å². The summed E-state index contributed by atoms with van der Waals surface area (Å²) in [5, 5.41) is 7.16. The number of benzene rings is 7. The molecule has 13 atom stereocenters. The lowest BCUT2D eigenvalue weighted by Gasteiger charge is -2.51. The number of rotatable bonds is 16. The van der Waals surface area contributed by atoms with Crippen LogP contribution in [0.5, 0.6) is 0 Å². The number of thioether (sulfide) groups is 1. The monoisotopic (exact) mass is 1110 g/mol. The van der Waals surface area contributed by atoms with Gasteiger partial charge in [0.1, 0.15) is 42.1 Å². The van der Waals surface area contributed by atoms with Crippen molar-refractivity contribution in [1.29, 1.82) is 0 Å². The Morgan fingerprint density at radius 1 is 0.562 bits per heavy atom. The lowest BCUT2D eigenvalue weighted by molar-refractivity contribution is -0.297. The molecule has 0 saturated carbocycles. The van der Waals surface area contributed by atoms with Crippen LogP contribution >= 0.6 is 11.8 Å². The molecule has 414 valence electrons. The summed E-state index contributed by atoms with van der Waals surface area (Å²) in [6.45, 7) is 13.1. The van der Waals surface area contributed by atoms with Gasteiger partial charge in [-0.2, -0.15) is 0 Å². The third kappa shape index (κ3) is 12.9. The minimum Gasteiger partial charge on any atom is -0.407 e. The van der Waals surface area contributed by atoms with Gasteiger partial charge in [-0.3, -0.25) is 0 Å². The maximum atomic E-state index is 7.24. The highest BCUT2D eigenvalue weighted by atomic mass is 32.2. The van der Waals surface area contributed by atoms with E-state index in [9.17, 15) is 0 Å². The first kappa shape index (κ1) is 55.0. The molecule has 5 aliphatic heterocycles. The zero-order valence-electron chi connectivity index (χ0n) is 46.5. The third-order valence-corrected chi connectivity index (χ3v) is 22.4. The Morgan fingerprint density at radius 2 is 1.14 bits per heavy atom. The van der Waals surface area contributed by atoms with Crippen LogP contribution in [-0.4, -0.2) is 93.6 Å². The molecule has 0 aromatic heterocycles. The molecule has 7 aromatic carbocycles. The van der Waals surface area contributed by atoms with Crippen LogP contribution in [0, 0.1) is 0 Å². The molecule has 5 heterocycles. The van der Waals surface area contributed by atoms with Gasteiger partial charge in [0.15, 0.2) is 8.32 Å². The molecule has 7 aromatic rings. The van der Waals surface area contributed by atoms with Gasteiger partial charge in [0.2, 0.25) is 0 Å². The highest BCUT2D eigenvalue weighted by Gasteiger charge is 2.54. The topological polar surface area (TPSA) is 83.1 Å². The number of hydrogen-bond donors (Lipinski definition) is 0. The van der Waals surface area contributed by atoms with Crippen LogP contribution in [0.3, 0.4) is 0 Å². The second-order valence-electron chi connectivity index (χ2n) is 23.5. The molecule has 0 spiro atoms. The molecule has 0 unspecified atom stereocenters. The van der Waals surface area contributed by atoms with Crippen LogP contribution < -0.4 is 0 Å². The average Bonchev–Trinajstić information content (AvgIpc) is 3.99. The maximum Gasteiger partial charge on any atom is 0.193 e. The van der Waals surface area contributed by atoms with Crippen LogP contribution in [-0.2, 0) is 62.1 Å². The summed E-state index contributed by atoms with van der Waals surface area (Å²) in [5.41, 5.74) is 2.98. The molecule has 9 nitrogen and oxygen atoms in total. The van der Waals surface area contributed by atoms with Gasteiger partial charge < -0.3 is 42.3 Å². The highest BCUT2D eigenvalue weighted by Crippen LogP contribution is 2.44. The second-order valence-corrected chi connectivity index (χ2v) is 29.4. The Hall–Kier alpha value is -5.51. The fourth-order valence-electron chi connectivity index (χ4n) is 11.3. The molecule has 80 heavy (non-hydrogen) atoms. The largest absolute Gasteiger partial charge is 0.407 e. The minimum absolute atomic E-state index is 0.0249. The zero-order chi connectivity index (χ0) is 54.6. The molecule has 0 radical (unpaired) electrons. The molecular weight excluding hydrogens is 1030 g/mol. The van der Waals surface area contributed by atoms with E-state index in [4.69, 9.17) is 42.3 Å². The van der Waals surface area contributed by atoms with Crippen LogP contribution in [0.2, 0.25) is 18.1 Å². The van der Waals surface area contributed by atoms with Crippen molar-refractivity contribution in [1.82, 2.24) is 0 Å². The molecule has 11 heteroatoms. The predicted octanol–water partition coefficient (Wildman–Crippen LogP) is 14.8. The van der Waals surface area contributed by atoms with Crippen molar-refractivity contribution in [2.24, 2.45) is 0 Å². The van der Waals surface area contributed by atoms with Crippen molar-refractivity contribution in [3.63, 3.8) is 0 Å². The Labute approximate surface area is 477 Å². The third-order valence-electron chi connectivity index (χ3n) is 16.7. The second kappa shape index (κ2) is 24.5. The lowest BCUT2D eigenvalue weighted by atomic mass is 9.87. The van der Waals surface area contributed by atoms with Gasteiger partial charge >= 0.3 is 0 Å². The zero-order valence-corrected chi connectivity index (χ0v) is 48.3. The smallest absolute Gasteiger partial charge is 0.193 e. The summed E-state index contributed by atoms with van der Waals surface area (Å²) in [5.74, 6) is 0. The summed E-state index contributed by atoms with van der Waals surface area (Å²) in [6, 6.07) is 55.2. The predicted molar refractivity (Wildman–Crippen MR) is 322 cm³/mol. The molecule has 2 saturated heterocycles. The van der Waals surface area contributed by atoms with E-state index in [0.717, 1.165) is 21.6 Å². The summed E-state index contributed by atoms with van der Waals surface area (Å²) < 4.78 is 63.2. The van der Waals surface area contributed by atoms with E-state index < -0.39 is 32.7 Å². The lowest BCUT2D eigenvalue weighted by Crippen LogP contribution is -2.64. The number of hydrogen-bond acceptors (Lipinski definition) is 10. The van der Waals surface area contributed by atoms with E-state index in [1.807, 2.05) is 6.07 Å². The highest BCUT2D eigenvalue weighted by molar-refractivity contribution is 7.99. The van der Waals surface area contributed by atoms with E-state index in [-0.39, 0.29) is 59.3 Å². The Bertz CT molecular complexity index is 3350. The summed E-state index contributed by atoms with van der Waals surface area (Å²) in [6.07, 6.45) is 14.0. The van der Waals surface area contributed by atoms with Crippen molar-refractivity contribution < 1.29 is 42.3 Å². The van der Waals surface area contributed by atoms with Gasteiger partial charge in [-0.1, -0.05) is 209 Å². The van der Waals surface area contributed by atoms with Crippen molar-refractivity contribution in [2.45, 2.75) is 155 Å². The maximum absolute atomic E-state index is 7.24. The van der Waals surface area contributed by atoms with Crippen molar-refractivity contribution >= 4 is 52.4 Å². The van der Waals surface area contributed by atoms with E-state index in [1.54, 1.807) is 11.8 Å².